The van der Waals surface area contributed by atoms with Crippen molar-refractivity contribution in [3.8, 4) is 0 Å². The number of aliphatic carboxylic acids is 1. The molecule has 23 heteroatoms. The number of carbonyl (C=O) groups excluding carboxylic acids is 2. The lowest BCUT2D eigenvalue weighted by molar-refractivity contribution is -0.384. The number of esters is 1. The number of rotatable bonds is 19. The zero-order valence-corrected chi connectivity index (χ0v) is 40.0. The molecule has 0 bridgehead atoms. The van der Waals surface area contributed by atoms with Gasteiger partial charge in [-0.3, -0.25) is 19.6 Å². The molecule has 392 valence electrons. The van der Waals surface area contributed by atoms with Gasteiger partial charge < -0.3 is 68.9 Å². The molecule has 2 aliphatic heterocycles. The summed E-state index contributed by atoms with van der Waals surface area (Å²) in [6.45, 7) is 3.36. The number of hydrogen-bond acceptors (Lipinski definition) is 18. The van der Waals surface area contributed by atoms with E-state index in [-0.39, 0.29) is 43.0 Å². The van der Waals surface area contributed by atoms with Crippen molar-refractivity contribution >= 4 is 34.4 Å². The maximum atomic E-state index is 14.1. The summed E-state index contributed by atoms with van der Waals surface area (Å²) < 4.78 is 40.9. The third-order valence-corrected chi connectivity index (χ3v) is 14.4. The molecule has 4 aromatic rings. The number of nitrogens with one attached hydrogen (secondary N) is 1. The molecule has 15 atom stereocenters. The van der Waals surface area contributed by atoms with E-state index < -0.39 is 121 Å². The van der Waals surface area contributed by atoms with E-state index in [2.05, 4.69) is 15.6 Å². The van der Waals surface area contributed by atoms with Gasteiger partial charge in [0.15, 0.2) is 24.8 Å². The molecule has 72 heavy (non-hydrogen) atoms. The van der Waals surface area contributed by atoms with E-state index in [1.54, 1.807) is 48.1 Å². The van der Waals surface area contributed by atoms with E-state index in [0.717, 1.165) is 43.0 Å². The summed E-state index contributed by atoms with van der Waals surface area (Å²) in [4.78, 5) is 51.6. The van der Waals surface area contributed by atoms with Gasteiger partial charge in [-0.05, 0) is 62.3 Å². The first-order valence-corrected chi connectivity index (χ1v) is 24.6. The monoisotopic (exact) mass is 1010 g/mol. The highest BCUT2D eigenvalue weighted by atomic mass is 16.7. The number of carboxylic acids is 1. The van der Waals surface area contributed by atoms with E-state index in [4.69, 9.17) is 28.4 Å². The molecule has 0 spiro atoms. The second-order valence-electron chi connectivity index (χ2n) is 19.4. The SMILES string of the molecule is CC1CC(C(=O)NCc2cn(CCn3ccc4cc([N+](=O)[O-])ccc43)nn2)CC(OC2OC(CO)C(O)C(O[C@@H](CC3CCCCC3)C(=O)O)C2OC(=O)c2ccccc2)C1OC1OC(C)C(O)C(O)C1O. The zero-order chi connectivity index (χ0) is 51.2. The van der Waals surface area contributed by atoms with Crippen LogP contribution >= 0.6 is 0 Å². The van der Waals surface area contributed by atoms with Crippen LogP contribution in [0.5, 0.6) is 0 Å². The molecule has 2 aromatic carbocycles. The number of aryl methyl sites for hydroxylation is 2. The average molecular weight is 1010 g/mol. The van der Waals surface area contributed by atoms with Crippen molar-refractivity contribution in [1.29, 1.82) is 0 Å². The highest BCUT2D eigenvalue weighted by molar-refractivity contribution is 5.89. The molecule has 2 saturated heterocycles. The predicted molar refractivity (Wildman–Crippen MR) is 249 cm³/mol. The van der Waals surface area contributed by atoms with Gasteiger partial charge in [-0.2, -0.15) is 0 Å². The van der Waals surface area contributed by atoms with Crippen molar-refractivity contribution in [2.24, 2.45) is 17.8 Å². The Kier molecular flexibility index (Phi) is 17.3. The van der Waals surface area contributed by atoms with Crippen LogP contribution in [0.1, 0.15) is 81.3 Å². The number of non-ortho nitro benzene ring substituents is 1. The van der Waals surface area contributed by atoms with Gasteiger partial charge in [0.25, 0.3) is 5.69 Å². The molecule has 4 aliphatic rings. The molecule has 8 rings (SSSR count). The first-order chi connectivity index (χ1) is 34.6. The third kappa shape index (κ3) is 12.3. The Labute approximate surface area is 414 Å². The molecule has 23 nitrogen and oxygen atoms in total. The maximum Gasteiger partial charge on any atom is 0.338 e. The fourth-order valence-corrected chi connectivity index (χ4v) is 10.4. The summed E-state index contributed by atoms with van der Waals surface area (Å²) >= 11 is 0. The first kappa shape index (κ1) is 52.8. The molecule has 2 aliphatic carbocycles. The van der Waals surface area contributed by atoms with E-state index in [1.165, 1.54) is 31.2 Å². The molecule has 0 radical (unpaired) electrons. The largest absolute Gasteiger partial charge is 0.479 e. The quantitative estimate of drug-likeness (QED) is 0.0402. The Bertz CT molecular complexity index is 2470. The summed E-state index contributed by atoms with van der Waals surface area (Å²) in [5.41, 5.74) is 1.37. The summed E-state index contributed by atoms with van der Waals surface area (Å²) in [7, 11) is 0. The van der Waals surface area contributed by atoms with Crippen molar-refractivity contribution < 1.29 is 78.4 Å². The number of ether oxygens (including phenoxy) is 6. The van der Waals surface area contributed by atoms with Crippen LogP contribution in [0.25, 0.3) is 10.9 Å². The lowest BCUT2D eigenvalue weighted by Crippen LogP contribution is -2.64. The molecule has 7 N–H and O–H groups in total. The number of aromatic nitrogens is 4. The third-order valence-electron chi connectivity index (χ3n) is 14.4. The zero-order valence-electron chi connectivity index (χ0n) is 40.0. The fourth-order valence-electron chi connectivity index (χ4n) is 10.4. The Balaban J connectivity index is 1.02. The van der Waals surface area contributed by atoms with Gasteiger partial charge in [0, 0.05) is 41.7 Å². The number of aliphatic hydroxyl groups is 5. The lowest BCUT2D eigenvalue weighted by Gasteiger charge is -2.48. The highest BCUT2D eigenvalue weighted by Gasteiger charge is 2.54. The highest BCUT2D eigenvalue weighted by Crippen LogP contribution is 2.39. The van der Waals surface area contributed by atoms with E-state index in [9.17, 15) is 55.1 Å². The fraction of sp³-hybridized carbons (Fsp3) is 0.612. The number of nitrogens with zero attached hydrogens (tertiary/aromatic N) is 5. The predicted octanol–water partition coefficient (Wildman–Crippen LogP) is 2.21. The molecular formula is C49H64N6O17. The molecule has 1 amide bonds. The summed E-state index contributed by atoms with van der Waals surface area (Å²) in [5.74, 6) is -3.89. The van der Waals surface area contributed by atoms with Crippen molar-refractivity contribution in [2.45, 2.75) is 165 Å². The van der Waals surface area contributed by atoms with E-state index in [0.29, 0.717) is 18.8 Å². The minimum absolute atomic E-state index is 0.00453. The number of nitro groups is 1. The van der Waals surface area contributed by atoms with Gasteiger partial charge in [-0.25, -0.2) is 9.59 Å². The second kappa shape index (κ2) is 23.6. The average Bonchev–Trinajstić information content (AvgIpc) is 4.02. The Morgan fingerprint density at radius 1 is 0.889 bits per heavy atom. The van der Waals surface area contributed by atoms with Crippen LogP contribution in [0.3, 0.4) is 0 Å². The molecular weight excluding hydrogens is 945 g/mol. The normalized spacial score (nSPS) is 31.7. The van der Waals surface area contributed by atoms with Gasteiger partial charge in [0.2, 0.25) is 5.91 Å². The summed E-state index contributed by atoms with van der Waals surface area (Å²) in [5, 5.41) is 88.2. The molecule has 4 heterocycles. The van der Waals surface area contributed by atoms with Crippen molar-refractivity contribution in [1.82, 2.24) is 24.9 Å². The second-order valence-corrected chi connectivity index (χ2v) is 19.4. The first-order valence-electron chi connectivity index (χ1n) is 24.6. The van der Waals surface area contributed by atoms with Crippen LogP contribution in [0.15, 0.2) is 67.0 Å². The van der Waals surface area contributed by atoms with Gasteiger partial charge >= 0.3 is 11.9 Å². The van der Waals surface area contributed by atoms with Crippen LogP contribution in [-0.4, -0.2) is 159 Å². The smallest absolute Gasteiger partial charge is 0.338 e. The van der Waals surface area contributed by atoms with Crippen LogP contribution < -0.4 is 5.32 Å². The number of nitro benzene ring substituents is 1. The Morgan fingerprint density at radius 2 is 1.65 bits per heavy atom. The topological polar surface area (TPSA) is 319 Å². The number of carbonyl (C=O) groups is 3. The van der Waals surface area contributed by atoms with Gasteiger partial charge in [0.05, 0.1) is 54.7 Å². The minimum atomic E-state index is -1.72. The van der Waals surface area contributed by atoms with Gasteiger partial charge in [-0.1, -0.05) is 62.4 Å². The standard InChI is InChI=1S/C49H64N6O17/c1-26-19-31(45(61)50-23-32-24-54(52-51-32)18-17-53-16-15-30-21-33(55(65)66)13-14-34(30)53)22-35(42(26)72-48-41(60)40(59)38(57)27(2)67-48)69-49-44(71-47(64)29-11-7-4-8-12-29)43(39(58)37(25-56)70-49)68-36(46(62)63)20-28-9-5-3-6-10-28/h4,7-8,11-16,21,24,26-28,31,35-44,48-49,56-60H,3,5-6,9-10,17-20,22-23,25H2,1-2H3,(H,50,61)(H,62,63)/t26?,27?,31?,35?,36-,37?,38?,39?,40?,41?,42?,43?,44?,48?,49?/m0/s1. The number of amides is 1. The maximum absolute atomic E-state index is 14.1. The van der Waals surface area contributed by atoms with Crippen LogP contribution in [0.2, 0.25) is 0 Å². The van der Waals surface area contributed by atoms with Gasteiger partial charge in [-0.15, -0.1) is 5.10 Å². The number of carboxylic acid groups (broad SMARTS) is 1. The lowest BCUT2D eigenvalue weighted by atomic mass is 9.77. The van der Waals surface area contributed by atoms with Crippen LogP contribution in [-0.2, 0) is 57.6 Å². The van der Waals surface area contributed by atoms with Crippen molar-refractivity contribution in [3.63, 3.8) is 0 Å². The molecule has 2 aromatic heterocycles. The van der Waals surface area contributed by atoms with E-state index >= 15 is 0 Å². The van der Waals surface area contributed by atoms with Crippen LogP contribution in [0.4, 0.5) is 5.69 Å². The molecule has 14 unspecified atom stereocenters. The van der Waals surface area contributed by atoms with Crippen molar-refractivity contribution in [2.75, 3.05) is 6.61 Å². The number of fused-ring (bicyclic) bond motifs is 1. The Hall–Kier alpha value is -5.47. The number of aliphatic hydroxyl groups excluding tert-OH is 5. The molecule has 2 saturated carbocycles. The minimum Gasteiger partial charge on any atom is -0.479 e. The summed E-state index contributed by atoms with van der Waals surface area (Å²) in [6, 6.07) is 14.3. The van der Waals surface area contributed by atoms with Crippen molar-refractivity contribution in [3.05, 3.63) is 88.4 Å². The summed E-state index contributed by atoms with van der Waals surface area (Å²) in [6.07, 6.45) is -10.8. The van der Waals surface area contributed by atoms with E-state index in [1.807, 2.05) is 10.8 Å². The Morgan fingerprint density at radius 3 is 2.38 bits per heavy atom. The van der Waals surface area contributed by atoms with Gasteiger partial charge in [0.1, 0.15) is 42.3 Å². The van der Waals surface area contributed by atoms with Crippen LogP contribution in [0, 0.1) is 27.9 Å². The number of benzene rings is 2. The molecule has 4 fully saturated rings. The number of hydrogen-bond donors (Lipinski definition) is 7.